The first-order valence-electron chi connectivity index (χ1n) is 16.2. The van der Waals surface area contributed by atoms with Gasteiger partial charge in [-0.1, -0.05) is 74.5 Å². The lowest BCUT2D eigenvalue weighted by atomic mass is 9.81. The van der Waals surface area contributed by atoms with Crippen LogP contribution in [0.15, 0.2) is 60.7 Å². The van der Waals surface area contributed by atoms with Crippen LogP contribution in [-0.4, -0.2) is 78.0 Å². The first-order valence-corrected chi connectivity index (χ1v) is 16.2. The van der Waals surface area contributed by atoms with Crippen molar-refractivity contribution in [2.75, 3.05) is 32.8 Å². The number of benzene rings is 2. The highest BCUT2D eigenvalue weighted by molar-refractivity contribution is 5.79. The zero-order valence-corrected chi connectivity index (χ0v) is 29.0. The van der Waals surface area contributed by atoms with Crippen LogP contribution >= 0.6 is 0 Å². The molecule has 11 heteroatoms. The fourth-order valence-corrected chi connectivity index (χ4v) is 5.46. The van der Waals surface area contributed by atoms with Gasteiger partial charge in [-0.15, -0.1) is 0 Å². The summed E-state index contributed by atoms with van der Waals surface area (Å²) >= 11 is 0. The summed E-state index contributed by atoms with van der Waals surface area (Å²) in [6, 6.07) is 19.1. The molecular weight excluding hydrogens is 602 g/mol. The number of carbonyl (C=O) groups is 4. The first-order chi connectivity index (χ1) is 22.1. The van der Waals surface area contributed by atoms with Crippen LogP contribution in [-0.2, 0) is 37.0 Å². The highest BCUT2D eigenvalue weighted by Crippen LogP contribution is 2.37. The number of ether oxygens (including phenoxy) is 4. The minimum atomic E-state index is -0.665. The van der Waals surface area contributed by atoms with E-state index < -0.39 is 22.6 Å². The lowest BCUT2D eigenvalue weighted by molar-refractivity contribution is -0.155. The van der Waals surface area contributed by atoms with Gasteiger partial charge in [0.05, 0.1) is 17.6 Å². The average molecular weight is 654 g/mol. The third-order valence-electron chi connectivity index (χ3n) is 8.66. The third kappa shape index (κ3) is 10.6. The highest BCUT2D eigenvalue weighted by atomic mass is 16.6. The van der Waals surface area contributed by atoms with Crippen LogP contribution < -0.4 is 5.32 Å². The maximum absolute atomic E-state index is 12.3. The van der Waals surface area contributed by atoms with E-state index in [1.54, 1.807) is 16.7 Å². The van der Waals surface area contributed by atoms with Gasteiger partial charge >= 0.3 is 24.2 Å². The summed E-state index contributed by atoms with van der Waals surface area (Å²) in [5, 5.41) is 2.91. The van der Waals surface area contributed by atoms with Crippen molar-refractivity contribution in [1.29, 1.82) is 0 Å². The molecule has 0 unspecified atom stereocenters. The van der Waals surface area contributed by atoms with E-state index in [1.807, 2.05) is 109 Å². The van der Waals surface area contributed by atoms with Gasteiger partial charge in [0.2, 0.25) is 0 Å². The molecule has 2 aromatic rings. The van der Waals surface area contributed by atoms with E-state index in [0.717, 1.165) is 11.1 Å². The standard InChI is InChI=1S/C19H28N2O4.C17H23NO4/c1-14-11-21(17(23)24-12-15-9-7-6-8-10-15)13-19(14,5)20-16(22)25-18(2,3)4;1-4-21-15(19)17(3)12-18(10-13(17)2)16(20)22-11-14-8-6-5-7-9-14/h6-10,14H,11-13H2,1-5H3,(H,20,22);5-9,13H,4,10-12H2,1-3H3/t14-,19-;13-,17-/m11/s1. The van der Waals surface area contributed by atoms with Gasteiger partial charge in [-0.3, -0.25) is 4.79 Å². The lowest BCUT2D eigenvalue weighted by Gasteiger charge is -2.31. The molecule has 0 aliphatic carbocycles. The number of likely N-dealkylation sites (tertiary alicyclic amines) is 2. The van der Waals surface area contributed by atoms with Gasteiger partial charge in [-0.2, -0.15) is 0 Å². The number of hydrogen-bond donors (Lipinski definition) is 1. The van der Waals surface area contributed by atoms with Crippen molar-refractivity contribution >= 4 is 24.2 Å². The predicted octanol–water partition coefficient (Wildman–Crippen LogP) is 6.40. The molecule has 2 fully saturated rings. The van der Waals surface area contributed by atoms with Gasteiger partial charge in [0, 0.05) is 26.2 Å². The molecule has 0 aromatic heterocycles. The number of carbonyl (C=O) groups excluding carboxylic acids is 4. The molecule has 0 bridgehead atoms. The van der Waals surface area contributed by atoms with E-state index in [9.17, 15) is 19.2 Å². The molecule has 47 heavy (non-hydrogen) atoms. The van der Waals surface area contributed by atoms with Gasteiger partial charge < -0.3 is 34.1 Å². The number of amides is 3. The van der Waals surface area contributed by atoms with Crippen molar-refractivity contribution in [2.45, 2.75) is 79.7 Å². The Kier molecular flexibility index (Phi) is 12.7. The van der Waals surface area contributed by atoms with E-state index in [0.29, 0.717) is 32.8 Å². The molecule has 2 aliphatic rings. The molecule has 4 rings (SSSR count). The Morgan fingerprint density at radius 3 is 1.70 bits per heavy atom. The third-order valence-corrected chi connectivity index (χ3v) is 8.66. The Morgan fingerprint density at radius 2 is 1.23 bits per heavy atom. The lowest BCUT2D eigenvalue weighted by Crippen LogP contribution is -2.52. The smallest absolute Gasteiger partial charge is 0.410 e. The van der Waals surface area contributed by atoms with Crippen LogP contribution in [0.2, 0.25) is 0 Å². The maximum atomic E-state index is 12.3. The normalized spacial score (nSPS) is 23.7. The Bertz CT molecular complexity index is 1350. The minimum absolute atomic E-state index is 0.0378. The van der Waals surface area contributed by atoms with Crippen LogP contribution in [0.4, 0.5) is 14.4 Å². The molecular formula is C36H51N3O8. The fourth-order valence-electron chi connectivity index (χ4n) is 5.46. The molecule has 2 aliphatic heterocycles. The Labute approximate surface area is 278 Å². The van der Waals surface area contributed by atoms with Crippen LogP contribution in [0, 0.1) is 17.3 Å². The second kappa shape index (κ2) is 16.0. The molecule has 258 valence electrons. The van der Waals surface area contributed by atoms with Gasteiger partial charge in [0.25, 0.3) is 0 Å². The first kappa shape index (κ1) is 37.2. The van der Waals surface area contributed by atoms with Gasteiger partial charge in [0.1, 0.15) is 18.8 Å². The zero-order valence-electron chi connectivity index (χ0n) is 29.0. The van der Waals surface area contributed by atoms with Crippen molar-refractivity contribution in [3.8, 4) is 0 Å². The van der Waals surface area contributed by atoms with Crippen molar-refractivity contribution in [2.24, 2.45) is 17.3 Å². The van der Waals surface area contributed by atoms with E-state index in [4.69, 9.17) is 18.9 Å². The number of rotatable bonds is 7. The van der Waals surface area contributed by atoms with Crippen molar-refractivity contribution in [1.82, 2.24) is 15.1 Å². The van der Waals surface area contributed by atoms with E-state index in [-0.39, 0.29) is 43.2 Å². The zero-order chi connectivity index (χ0) is 34.8. The molecule has 4 atom stereocenters. The molecule has 0 radical (unpaired) electrons. The predicted molar refractivity (Wildman–Crippen MR) is 177 cm³/mol. The number of alkyl carbamates (subject to hydrolysis) is 1. The van der Waals surface area contributed by atoms with Gasteiger partial charge in [-0.05, 0) is 64.5 Å². The van der Waals surface area contributed by atoms with Crippen LogP contribution in [0.1, 0.15) is 66.5 Å². The number of esters is 1. The summed E-state index contributed by atoms with van der Waals surface area (Å²) in [4.78, 5) is 51.9. The molecule has 1 N–H and O–H groups in total. The molecule has 3 amide bonds. The average Bonchev–Trinajstić information content (AvgIpc) is 3.49. The van der Waals surface area contributed by atoms with Crippen molar-refractivity contribution < 1.29 is 38.1 Å². The number of nitrogens with one attached hydrogen (secondary N) is 1. The largest absolute Gasteiger partial charge is 0.466 e. The summed E-state index contributed by atoms with van der Waals surface area (Å²) in [5.74, 6) is -0.124. The van der Waals surface area contributed by atoms with Gasteiger partial charge in [0.15, 0.2) is 0 Å². The Morgan fingerprint density at radius 1 is 0.766 bits per heavy atom. The van der Waals surface area contributed by atoms with E-state index in [2.05, 4.69) is 5.32 Å². The quantitative estimate of drug-likeness (QED) is 0.269. The topological polar surface area (TPSA) is 124 Å². The Hall–Kier alpha value is -4.28. The summed E-state index contributed by atoms with van der Waals surface area (Å²) in [6.07, 6.45) is -1.23. The monoisotopic (exact) mass is 653 g/mol. The second-order valence-electron chi connectivity index (χ2n) is 13.8. The number of nitrogens with zero attached hydrogens (tertiary/aromatic N) is 2. The molecule has 2 heterocycles. The fraction of sp³-hybridized carbons (Fsp3) is 0.556. The van der Waals surface area contributed by atoms with Crippen LogP contribution in [0.25, 0.3) is 0 Å². The van der Waals surface area contributed by atoms with Crippen molar-refractivity contribution in [3.63, 3.8) is 0 Å². The highest BCUT2D eigenvalue weighted by Gasteiger charge is 2.49. The van der Waals surface area contributed by atoms with Gasteiger partial charge in [-0.25, -0.2) is 14.4 Å². The van der Waals surface area contributed by atoms with Crippen LogP contribution in [0.5, 0.6) is 0 Å². The molecule has 0 spiro atoms. The van der Waals surface area contributed by atoms with E-state index >= 15 is 0 Å². The van der Waals surface area contributed by atoms with Crippen LogP contribution in [0.3, 0.4) is 0 Å². The van der Waals surface area contributed by atoms with Crippen molar-refractivity contribution in [3.05, 3.63) is 71.8 Å². The maximum Gasteiger partial charge on any atom is 0.410 e. The second-order valence-corrected chi connectivity index (χ2v) is 13.8. The van der Waals surface area contributed by atoms with E-state index in [1.165, 1.54) is 0 Å². The molecule has 2 saturated heterocycles. The SMILES string of the molecule is CCOC(=O)[C@]1(C)CN(C(=O)OCc2ccccc2)C[C@H]1C.C[C@@H]1CN(C(=O)OCc2ccccc2)C[C@@]1(C)NC(=O)OC(C)(C)C. The summed E-state index contributed by atoms with van der Waals surface area (Å²) in [6.45, 7) is 17.6. The summed E-state index contributed by atoms with van der Waals surface area (Å²) < 4.78 is 21.2. The minimum Gasteiger partial charge on any atom is -0.466 e. The Balaban J connectivity index is 0.000000257. The summed E-state index contributed by atoms with van der Waals surface area (Å²) in [7, 11) is 0. The molecule has 11 nitrogen and oxygen atoms in total. The molecule has 2 aromatic carbocycles. The number of hydrogen-bond acceptors (Lipinski definition) is 8. The summed E-state index contributed by atoms with van der Waals surface area (Å²) in [5.41, 5.74) is 0.112. The molecule has 0 saturated carbocycles.